The molecule has 0 aliphatic carbocycles. The van der Waals surface area contributed by atoms with E-state index in [9.17, 15) is 0 Å². The Labute approximate surface area is 106 Å². The summed E-state index contributed by atoms with van der Waals surface area (Å²) in [7, 11) is 1.99. The zero-order valence-electron chi connectivity index (χ0n) is 10.6. The van der Waals surface area contributed by atoms with Crippen LogP contribution in [0, 0.1) is 0 Å². The fourth-order valence-corrected chi connectivity index (χ4v) is 1.96. The van der Waals surface area contributed by atoms with Gasteiger partial charge in [-0.3, -0.25) is 0 Å². The van der Waals surface area contributed by atoms with Crippen molar-refractivity contribution in [3.8, 4) is 11.5 Å². The molecule has 0 fully saturated rings. The highest BCUT2D eigenvalue weighted by Crippen LogP contribution is 2.24. The van der Waals surface area contributed by atoms with E-state index in [2.05, 4.69) is 24.0 Å². The first-order valence-electron chi connectivity index (χ1n) is 6.11. The van der Waals surface area contributed by atoms with Crippen molar-refractivity contribution >= 4 is 11.1 Å². The van der Waals surface area contributed by atoms with Crippen molar-refractivity contribution in [2.45, 2.75) is 13.3 Å². The number of hydrogen-bond donors (Lipinski definition) is 0. The van der Waals surface area contributed by atoms with Gasteiger partial charge in [-0.05, 0) is 24.1 Å². The van der Waals surface area contributed by atoms with Crippen LogP contribution in [0.25, 0.3) is 22.6 Å². The highest BCUT2D eigenvalue weighted by Gasteiger charge is 2.09. The number of nitrogens with zero attached hydrogens (tertiary/aromatic N) is 2. The van der Waals surface area contributed by atoms with Gasteiger partial charge in [0.25, 0.3) is 0 Å². The topological polar surface area (TPSA) is 29.9 Å². The lowest BCUT2D eigenvalue weighted by atomic mass is 10.1. The Bertz CT molecular complexity index is 683. The Morgan fingerprint density at radius 3 is 2.67 bits per heavy atom. The molecular formula is C15H15N2O+. The fourth-order valence-electron chi connectivity index (χ4n) is 1.96. The van der Waals surface area contributed by atoms with Gasteiger partial charge in [0.15, 0.2) is 18.0 Å². The van der Waals surface area contributed by atoms with Gasteiger partial charge in [-0.15, -0.1) is 0 Å². The van der Waals surface area contributed by atoms with Crippen LogP contribution in [0.1, 0.15) is 12.5 Å². The van der Waals surface area contributed by atoms with Crippen LogP contribution in [0.3, 0.4) is 0 Å². The Morgan fingerprint density at radius 1 is 1.17 bits per heavy atom. The Kier molecular flexibility index (Phi) is 2.59. The van der Waals surface area contributed by atoms with Crippen LogP contribution in [-0.2, 0) is 13.5 Å². The van der Waals surface area contributed by atoms with E-state index in [1.807, 2.05) is 42.2 Å². The van der Waals surface area contributed by atoms with E-state index in [-0.39, 0.29) is 0 Å². The van der Waals surface area contributed by atoms with Crippen molar-refractivity contribution in [3.63, 3.8) is 0 Å². The summed E-state index contributed by atoms with van der Waals surface area (Å²) in [6, 6.07) is 10.2. The number of aromatic nitrogens is 2. The Balaban J connectivity index is 2.10. The van der Waals surface area contributed by atoms with E-state index in [1.165, 1.54) is 5.56 Å². The summed E-state index contributed by atoms with van der Waals surface area (Å²) in [5.41, 5.74) is 4.05. The van der Waals surface area contributed by atoms with Crippen LogP contribution in [0.4, 0.5) is 0 Å². The van der Waals surface area contributed by atoms with Gasteiger partial charge in [-0.2, -0.15) is 0 Å². The van der Waals surface area contributed by atoms with Gasteiger partial charge < -0.3 is 4.42 Å². The quantitative estimate of drug-likeness (QED) is 0.644. The molecule has 0 saturated heterocycles. The molecule has 0 radical (unpaired) electrons. The van der Waals surface area contributed by atoms with Crippen LogP contribution >= 0.6 is 0 Å². The number of rotatable bonds is 2. The molecular weight excluding hydrogens is 224 g/mol. The molecule has 0 aliphatic heterocycles. The number of hydrogen-bond acceptors (Lipinski definition) is 2. The molecule has 90 valence electrons. The summed E-state index contributed by atoms with van der Waals surface area (Å²) in [5.74, 6) is 0.679. The molecule has 3 rings (SSSR count). The smallest absolute Gasteiger partial charge is 0.227 e. The zero-order valence-corrected chi connectivity index (χ0v) is 10.6. The summed E-state index contributed by atoms with van der Waals surface area (Å²) in [6.45, 7) is 2.14. The average Bonchev–Trinajstić information content (AvgIpc) is 2.82. The molecule has 2 aromatic heterocycles. The number of pyridine rings is 1. The molecule has 0 spiro atoms. The number of aryl methyl sites for hydroxylation is 2. The van der Waals surface area contributed by atoms with Gasteiger partial charge in [0.1, 0.15) is 12.6 Å². The second-order valence-electron chi connectivity index (χ2n) is 4.43. The summed E-state index contributed by atoms with van der Waals surface area (Å²) in [5, 5.41) is 0. The van der Waals surface area contributed by atoms with E-state index in [0.29, 0.717) is 5.89 Å². The third kappa shape index (κ3) is 1.88. The van der Waals surface area contributed by atoms with Gasteiger partial charge in [0.05, 0.1) is 0 Å². The standard InChI is InChI=1S/C15H15N2O/c1-3-11-4-5-14-13(10-11)16-15(18-14)12-6-8-17(2)9-7-12/h4-10H,3H2,1-2H3/q+1. The number of fused-ring (bicyclic) bond motifs is 1. The lowest BCUT2D eigenvalue weighted by Crippen LogP contribution is -2.25. The summed E-state index contributed by atoms with van der Waals surface area (Å²) < 4.78 is 7.76. The van der Waals surface area contributed by atoms with Crippen LogP contribution in [0.5, 0.6) is 0 Å². The molecule has 2 heterocycles. The first-order chi connectivity index (χ1) is 8.76. The summed E-state index contributed by atoms with van der Waals surface area (Å²) >= 11 is 0. The minimum absolute atomic E-state index is 0.679. The number of oxazole rings is 1. The first-order valence-corrected chi connectivity index (χ1v) is 6.11. The van der Waals surface area contributed by atoms with Crippen molar-refractivity contribution in [2.75, 3.05) is 0 Å². The van der Waals surface area contributed by atoms with Crippen molar-refractivity contribution in [1.82, 2.24) is 4.98 Å². The van der Waals surface area contributed by atoms with Gasteiger partial charge in [-0.1, -0.05) is 13.0 Å². The highest BCUT2D eigenvalue weighted by molar-refractivity contribution is 5.76. The first kappa shape index (κ1) is 11.0. The third-order valence-electron chi connectivity index (χ3n) is 3.09. The Hall–Kier alpha value is -2.16. The van der Waals surface area contributed by atoms with E-state index in [4.69, 9.17) is 4.42 Å². The molecule has 3 nitrogen and oxygen atoms in total. The van der Waals surface area contributed by atoms with Crippen LogP contribution in [-0.4, -0.2) is 4.98 Å². The van der Waals surface area contributed by atoms with Crippen LogP contribution < -0.4 is 4.57 Å². The minimum atomic E-state index is 0.679. The summed E-state index contributed by atoms with van der Waals surface area (Å²) in [6.07, 6.45) is 4.99. The van der Waals surface area contributed by atoms with Gasteiger partial charge in [0.2, 0.25) is 5.89 Å². The summed E-state index contributed by atoms with van der Waals surface area (Å²) in [4.78, 5) is 4.55. The van der Waals surface area contributed by atoms with Gasteiger partial charge >= 0.3 is 0 Å². The van der Waals surface area contributed by atoms with E-state index >= 15 is 0 Å². The van der Waals surface area contributed by atoms with Gasteiger partial charge in [0, 0.05) is 17.7 Å². The van der Waals surface area contributed by atoms with E-state index < -0.39 is 0 Å². The SMILES string of the molecule is CCc1ccc2oc(-c3cc[n+](C)cc3)nc2c1. The van der Waals surface area contributed by atoms with E-state index in [1.54, 1.807) is 0 Å². The van der Waals surface area contributed by atoms with Crippen molar-refractivity contribution < 1.29 is 8.98 Å². The minimum Gasteiger partial charge on any atom is -0.436 e. The average molecular weight is 239 g/mol. The largest absolute Gasteiger partial charge is 0.436 e. The second-order valence-corrected chi connectivity index (χ2v) is 4.43. The monoisotopic (exact) mass is 239 g/mol. The molecule has 0 amide bonds. The molecule has 3 heteroatoms. The Morgan fingerprint density at radius 2 is 1.94 bits per heavy atom. The number of benzene rings is 1. The van der Waals surface area contributed by atoms with Crippen molar-refractivity contribution in [3.05, 3.63) is 48.3 Å². The van der Waals surface area contributed by atoms with Crippen LogP contribution in [0.15, 0.2) is 47.1 Å². The molecule has 0 atom stereocenters. The highest BCUT2D eigenvalue weighted by atomic mass is 16.3. The van der Waals surface area contributed by atoms with Crippen LogP contribution in [0.2, 0.25) is 0 Å². The third-order valence-corrected chi connectivity index (χ3v) is 3.09. The van der Waals surface area contributed by atoms with Crippen molar-refractivity contribution in [2.24, 2.45) is 7.05 Å². The molecule has 0 unspecified atom stereocenters. The molecule has 0 aliphatic rings. The fraction of sp³-hybridized carbons (Fsp3) is 0.200. The molecule has 1 aromatic carbocycles. The predicted molar refractivity (Wildman–Crippen MR) is 70.0 cm³/mol. The molecule has 3 aromatic rings. The predicted octanol–water partition coefficient (Wildman–Crippen LogP) is 2.88. The second kappa shape index (κ2) is 4.26. The molecule has 18 heavy (non-hydrogen) atoms. The normalized spacial score (nSPS) is 11.0. The maximum atomic E-state index is 5.77. The van der Waals surface area contributed by atoms with Gasteiger partial charge in [-0.25, -0.2) is 9.55 Å². The maximum Gasteiger partial charge on any atom is 0.227 e. The van der Waals surface area contributed by atoms with E-state index in [0.717, 1.165) is 23.1 Å². The van der Waals surface area contributed by atoms with Crippen molar-refractivity contribution in [1.29, 1.82) is 0 Å². The molecule has 0 N–H and O–H groups in total. The lowest BCUT2D eigenvalue weighted by molar-refractivity contribution is -0.671. The molecule has 0 saturated carbocycles. The zero-order chi connectivity index (χ0) is 12.5. The molecule has 0 bridgehead atoms. The lowest BCUT2D eigenvalue weighted by Gasteiger charge is -1.92. The maximum absolute atomic E-state index is 5.77.